The number of benzene rings is 1. The van der Waals surface area contributed by atoms with E-state index in [-0.39, 0.29) is 35.9 Å². The number of methoxy groups -OCH3 is 2. The van der Waals surface area contributed by atoms with E-state index in [0.29, 0.717) is 24.5 Å². The summed E-state index contributed by atoms with van der Waals surface area (Å²) in [7, 11) is 2.90. The van der Waals surface area contributed by atoms with Crippen molar-refractivity contribution in [2.75, 3.05) is 34.0 Å². The number of ether oxygens (including phenoxy) is 3. The molecule has 0 spiro atoms. The second kappa shape index (κ2) is 9.65. The van der Waals surface area contributed by atoms with Gasteiger partial charge in [-0.05, 0) is 12.1 Å². The van der Waals surface area contributed by atoms with Crippen LogP contribution in [0.5, 0.6) is 11.5 Å². The van der Waals surface area contributed by atoms with Crippen molar-refractivity contribution in [1.82, 2.24) is 19.9 Å². The minimum atomic E-state index is -0.635. The molecular formula is C19H21N5O6. The van der Waals surface area contributed by atoms with Crippen molar-refractivity contribution in [2.24, 2.45) is 0 Å². The highest BCUT2D eigenvalue weighted by atomic mass is 16.6. The number of amides is 1. The summed E-state index contributed by atoms with van der Waals surface area (Å²) in [6.45, 7) is 0.707. The van der Waals surface area contributed by atoms with Gasteiger partial charge in [-0.3, -0.25) is 19.3 Å². The molecule has 158 valence electrons. The van der Waals surface area contributed by atoms with Crippen molar-refractivity contribution >= 4 is 17.2 Å². The molecule has 0 bridgehead atoms. The average Bonchev–Trinajstić information content (AvgIpc) is 3.16. The van der Waals surface area contributed by atoms with Gasteiger partial charge in [0.2, 0.25) is 0 Å². The monoisotopic (exact) mass is 415 g/mol. The summed E-state index contributed by atoms with van der Waals surface area (Å²) in [6.07, 6.45) is 2.23. The highest BCUT2D eigenvalue weighted by Gasteiger charge is 2.24. The smallest absolute Gasteiger partial charge is 0.286 e. The first-order valence-corrected chi connectivity index (χ1v) is 9.10. The van der Waals surface area contributed by atoms with Crippen LogP contribution in [0.25, 0.3) is 5.65 Å². The predicted octanol–water partition coefficient (Wildman–Crippen LogP) is 1.64. The Kier molecular flexibility index (Phi) is 6.75. The molecule has 1 aromatic carbocycles. The lowest BCUT2D eigenvalue weighted by Gasteiger charge is -2.12. The number of nitro groups is 1. The average molecular weight is 415 g/mol. The van der Waals surface area contributed by atoms with Gasteiger partial charge in [-0.2, -0.15) is 0 Å². The van der Waals surface area contributed by atoms with Gasteiger partial charge in [0.1, 0.15) is 18.0 Å². The van der Waals surface area contributed by atoms with E-state index < -0.39 is 10.8 Å². The van der Waals surface area contributed by atoms with Crippen molar-refractivity contribution in [2.45, 2.75) is 6.42 Å². The van der Waals surface area contributed by atoms with Crippen LogP contribution < -0.4 is 14.8 Å². The Morgan fingerprint density at radius 3 is 2.77 bits per heavy atom. The fourth-order valence-corrected chi connectivity index (χ4v) is 2.83. The maximum atomic E-state index is 12.6. The van der Waals surface area contributed by atoms with Gasteiger partial charge in [0, 0.05) is 32.3 Å². The van der Waals surface area contributed by atoms with Crippen molar-refractivity contribution in [3.05, 3.63) is 58.0 Å². The van der Waals surface area contributed by atoms with Crippen molar-refractivity contribution < 1.29 is 23.9 Å². The van der Waals surface area contributed by atoms with Crippen LogP contribution in [0.3, 0.4) is 0 Å². The van der Waals surface area contributed by atoms with E-state index in [0.717, 1.165) is 0 Å². The standard InChI is InChI=1S/C19H21N5O6/c1-28-9-10-30-16-12-14(24(26)27)13(11-15(16)29-2)19(25)20-7-6-18-22-21-17-5-3-4-8-23(17)18/h3-5,8,11-12H,6-7,9-10H2,1-2H3,(H,20,25). The molecule has 1 N–H and O–H groups in total. The highest BCUT2D eigenvalue weighted by molar-refractivity contribution is 5.99. The number of hydrogen-bond donors (Lipinski definition) is 1. The molecule has 0 fully saturated rings. The van der Waals surface area contributed by atoms with Crippen LogP contribution in [0.1, 0.15) is 16.2 Å². The molecule has 11 heteroatoms. The van der Waals surface area contributed by atoms with Crippen molar-refractivity contribution in [1.29, 1.82) is 0 Å². The molecule has 0 aliphatic heterocycles. The quantitative estimate of drug-likeness (QED) is 0.300. The minimum Gasteiger partial charge on any atom is -0.493 e. The van der Waals surface area contributed by atoms with Crippen LogP contribution in [0.4, 0.5) is 5.69 Å². The third-order valence-electron chi connectivity index (χ3n) is 4.29. The Bertz CT molecular complexity index is 1050. The molecule has 3 aromatic rings. The molecule has 30 heavy (non-hydrogen) atoms. The predicted molar refractivity (Wildman–Crippen MR) is 106 cm³/mol. The zero-order valence-corrected chi connectivity index (χ0v) is 16.5. The number of hydrogen-bond acceptors (Lipinski definition) is 8. The summed E-state index contributed by atoms with van der Waals surface area (Å²) >= 11 is 0. The van der Waals surface area contributed by atoms with E-state index in [1.54, 1.807) is 0 Å². The molecule has 1 amide bonds. The Morgan fingerprint density at radius 2 is 2.03 bits per heavy atom. The number of carbonyl (C=O) groups excluding carboxylic acids is 1. The number of nitro benzene ring substituents is 1. The summed E-state index contributed by atoms with van der Waals surface area (Å²) in [6, 6.07) is 7.99. The van der Waals surface area contributed by atoms with Gasteiger partial charge in [-0.25, -0.2) is 0 Å². The molecule has 2 heterocycles. The van der Waals surface area contributed by atoms with Crippen molar-refractivity contribution in [3.63, 3.8) is 0 Å². The van der Waals surface area contributed by atoms with E-state index in [1.165, 1.54) is 26.4 Å². The Balaban J connectivity index is 1.74. The molecule has 0 radical (unpaired) electrons. The largest absolute Gasteiger partial charge is 0.493 e. The molecule has 0 unspecified atom stereocenters. The summed E-state index contributed by atoms with van der Waals surface area (Å²) < 4.78 is 17.4. The molecule has 0 aliphatic carbocycles. The van der Waals surface area contributed by atoms with Crippen LogP contribution in [-0.2, 0) is 11.2 Å². The Hall–Kier alpha value is -3.73. The number of nitrogens with one attached hydrogen (secondary N) is 1. The molecule has 2 aromatic heterocycles. The van der Waals surface area contributed by atoms with Crippen LogP contribution >= 0.6 is 0 Å². The molecule has 3 rings (SSSR count). The number of pyridine rings is 1. The zero-order valence-electron chi connectivity index (χ0n) is 16.5. The summed E-state index contributed by atoms with van der Waals surface area (Å²) in [5.41, 5.74) is 0.193. The third-order valence-corrected chi connectivity index (χ3v) is 4.29. The zero-order chi connectivity index (χ0) is 21.5. The fraction of sp³-hybridized carbons (Fsp3) is 0.316. The normalized spacial score (nSPS) is 10.7. The number of carbonyl (C=O) groups is 1. The first-order chi connectivity index (χ1) is 14.5. The third kappa shape index (κ3) is 4.63. The molecule has 0 aliphatic rings. The second-order valence-corrected chi connectivity index (χ2v) is 6.17. The van der Waals surface area contributed by atoms with Gasteiger partial charge in [-0.1, -0.05) is 6.07 Å². The van der Waals surface area contributed by atoms with Crippen LogP contribution in [0.15, 0.2) is 36.5 Å². The minimum absolute atomic E-state index is 0.123. The van der Waals surface area contributed by atoms with Crippen LogP contribution in [0, 0.1) is 10.1 Å². The summed E-state index contributed by atoms with van der Waals surface area (Å²) in [5.74, 6) is 0.440. The molecule has 0 atom stereocenters. The highest BCUT2D eigenvalue weighted by Crippen LogP contribution is 2.34. The van der Waals surface area contributed by atoms with Crippen LogP contribution in [-0.4, -0.2) is 59.4 Å². The SMILES string of the molecule is COCCOc1cc([N+](=O)[O-])c(C(=O)NCCc2nnc3ccccn23)cc1OC. The van der Waals surface area contributed by atoms with Crippen LogP contribution in [0.2, 0.25) is 0 Å². The van der Waals surface area contributed by atoms with Gasteiger partial charge < -0.3 is 19.5 Å². The van der Waals surface area contributed by atoms with E-state index >= 15 is 0 Å². The fourth-order valence-electron chi connectivity index (χ4n) is 2.83. The first kappa shape index (κ1) is 21.0. The summed E-state index contributed by atoms with van der Waals surface area (Å²) in [4.78, 5) is 23.5. The Morgan fingerprint density at radius 1 is 1.20 bits per heavy atom. The van der Waals surface area contributed by atoms with E-state index in [1.807, 2.05) is 28.8 Å². The summed E-state index contributed by atoms with van der Waals surface area (Å²) in [5, 5.41) is 22.3. The maximum Gasteiger partial charge on any atom is 0.286 e. The van der Waals surface area contributed by atoms with Gasteiger partial charge in [0.15, 0.2) is 17.1 Å². The van der Waals surface area contributed by atoms with E-state index in [2.05, 4.69) is 15.5 Å². The van der Waals surface area contributed by atoms with Crippen molar-refractivity contribution in [3.8, 4) is 11.5 Å². The lowest BCUT2D eigenvalue weighted by Crippen LogP contribution is -2.27. The van der Waals surface area contributed by atoms with E-state index in [9.17, 15) is 14.9 Å². The molecule has 0 saturated heterocycles. The second-order valence-electron chi connectivity index (χ2n) is 6.17. The lowest BCUT2D eigenvalue weighted by atomic mass is 10.1. The maximum absolute atomic E-state index is 12.6. The number of nitrogens with zero attached hydrogens (tertiary/aromatic N) is 4. The molecule has 11 nitrogen and oxygen atoms in total. The Labute approximate surface area is 171 Å². The molecular weight excluding hydrogens is 394 g/mol. The number of rotatable bonds is 10. The van der Waals surface area contributed by atoms with Gasteiger partial charge >= 0.3 is 0 Å². The lowest BCUT2D eigenvalue weighted by molar-refractivity contribution is -0.385. The molecule has 0 saturated carbocycles. The van der Waals surface area contributed by atoms with Gasteiger partial charge in [0.25, 0.3) is 11.6 Å². The number of fused-ring (bicyclic) bond motifs is 1. The van der Waals surface area contributed by atoms with Gasteiger partial charge in [0.05, 0.1) is 24.7 Å². The first-order valence-electron chi connectivity index (χ1n) is 9.10. The van der Waals surface area contributed by atoms with E-state index in [4.69, 9.17) is 14.2 Å². The van der Waals surface area contributed by atoms with Gasteiger partial charge in [-0.15, -0.1) is 10.2 Å². The topological polar surface area (TPSA) is 130 Å². The number of aromatic nitrogens is 3.